The van der Waals surface area contributed by atoms with Gasteiger partial charge in [0.25, 0.3) is 5.91 Å². The van der Waals surface area contributed by atoms with Crippen LogP contribution in [0.5, 0.6) is 5.75 Å². The summed E-state index contributed by atoms with van der Waals surface area (Å²) in [6.07, 6.45) is 2.40. The molecule has 3 rings (SSSR count). The quantitative estimate of drug-likeness (QED) is 0.908. The Bertz CT molecular complexity index is 463. The SMILES string of the molecule is O=C(c1ccc(OCC2CCCN2)cc1)N1CCOCC1. The zero-order chi connectivity index (χ0) is 14.5. The summed E-state index contributed by atoms with van der Waals surface area (Å²) in [5.41, 5.74) is 0.711. The fraction of sp³-hybridized carbons (Fsp3) is 0.562. The van der Waals surface area contributed by atoms with Crippen molar-refractivity contribution in [2.24, 2.45) is 0 Å². The van der Waals surface area contributed by atoms with E-state index in [2.05, 4.69) is 5.32 Å². The monoisotopic (exact) mass is 290 g/mol. The Labute approximate surface area is 125 Å². The summed E-state index contributed by atoms with van der Waals surface area (Å²) in [5, 5.41) is 3.40. The van der Waals surface area contributed by atoms with Crippen molar-refractivity contribution in [2.75, 3.05) is 39.5 Å². The summed E-state index contributed by atoms with van der Waals surface area (Å²) < 4.78 is 11.0. The number of nitrogens with one attached hydrogen (secondary N) is 1. The van der Waals surface area contributed by atoms with Crippen molar-refractivity contribution in [3.8, 4) is 5.75 Å². The predicted molar refractivity (Wildman–Crippen MR) is 79.7 cm³/mol. The molecule has 1 N–H and O–H groups in total. The average molecular weight is 290 g/mol. The van der Waals surface area contributed by atoms with Crippen LogP contribution in [-0.4, -0.2) is 56.3 Å². The van der Waals surface area contributed by atoms with Crippen LogP contribution in [0.4, 0.5) is 0 Å². The molecule has 1 atom stereocenters. The molecule has 2 aliphatic rings. The number of ether oxygens (including phenoxy) is 2. The average Bonchev–Trinajstić information content (AvgIpc) is 3.07. The lowest BCUT2D eigenvalue weighted by Gasteiger charge is -2.26. The summed E-state index contributed by atoms with van der Waals surface area (Å²) in [6.45, 7) is 4.37. The van der Waals surface area contributed by atoms with Crippen LogP contribution in [0.1, 0.15) is 23.2 Å². The van der Waals surface area contributed by atoms with Crippen molar-refractivity contribution in [3.05, 3.63) is 29.8 Å². The van der Waals surface area contributed by atoms with Gasteiger partial charge < -0.3 is 19.7 Å². The first-order chi connectivity index (χ1) is 10.3. The third-order valence-electron chi connectivity index (χ3n) is 4.01. The smallest absolute Gasteiger partial charge is 0.254 e. The normalized spacial score (nSPS) is 22.3. The number of amides is 1. The van der Waals surface area contributed by atoms with Gasteiger partial charge in [-0.25, -0.2) is 0 Å². The molecule has 114 valence electrons. The Hall–Kier alpha value is -1.59. The number of rotatable bonds is 4. The van der Waals surface area contributed by atoms with E-state index in [1.807, 2.05) is 29.2 Å². The van der Waals surface area contributed by atoms with E-state index in [0.717, 1.165) is 12.3 Å². The van der Waals surface area contributed by atoms with Crippen molar-refractivity contribution in [1.82, 2.24) is 10.2 Å². The molecule has 0 aliphatic carbocycles. The molecular weight excluding hydrogens is 268 g/mol. The summed E-state index contributed by atoms with van der Waals surface area (Å²) in [6, 6.07) is 7.90. The number of morpholine rings is 1. The van der Waals surface area contributed by atoms with Gasteiger partial charge in [-0.2, -0.15) is 0 Å². The van der Waals surface area contributed by atoms with Crippen molar-refractivity contribution in [2.45, 2.75) is 18.9 Å². The maximum absolute atomic E-state index is 12.3. The molecule has 2 aliphatic heterocycles. The van der Waals surface area contributed by atoms with Crippen LogP contribution in [0.15, 0.2) is 24.3 Å². The van der Waals surface area contributed by atoms with Gasteiger partial charge in [-0.15, -0.1) is 0 Å². The van der Waals surface area contributed by atoms with E-state index in [0.29, 0.717) is 44.5 Å². The molecule has 1 aromatic rings. The standard InChI is InChI=1S/C16H22N2O3/c19-16(18-8-10-20-11-9-18)13-3-5-15(6-4-13)21-12-14-2-1-7-17-14/h3-6,14,17H,1-2,7-12H2. The predicted octanol–water partition coefficient (Wildman–Crippen LogP) is 1.29. The van der Waals surface area contributed by atoms with Gasteiger partial charge in [-0.05, 0) is 43.7 Å². The first kappa shape index (κ1) is 14.4. The molecule has 2 heterocycles. The summed E-state index contributed by atoms with van der Waals surface area (Å²) in [7, 11) is 0. The van der Waals surface area contributed by atoms with Crippen molar-refractivity contribution in [1.29, 1.82) is 0 Å². The molecule has 21 heavy (non-hydrogen) atoms. The minimum absolute atomic E-state index is 0.0716. The molecule has 0 spiro atoms. The maximum Gasteiger partial charge on any atom is 0.254 e. The molecule has 0 aromatic heterocycles. The molecule has 5 nitrogen and oxygen atoms in total. The van der Waals surface area contributed by atoms with E-state index < -0.39 is 0 Å². The van der Waals surface area contributed by atoms with Crippen molar-refractivity contribution in [3.63, 3.8) is 0 Å². The van der Waals surface area contributed by atoms with Crippen molar-refractivity contribution < 1.29 is 14.3 Å². The highest BCUT2D eigenvalue weighted by Gasteiger charge is 2.18. The van der Waals surface area contributed by atoms with Crippen LogP contribution in [0.25, 0.3) is 0 Å². The number of benzene rings is 1. The third kappa shape index (κ3) is 3.74. The van der Waals surface area contributed by atoms with Gasteiger partial charge in [0.15, 0.2) is 0 Å². The Morgan fingerprint density at radius 2 is 2.05 bits per heavy atom. The largest absolute Gasteiger partial charge is 0.492 e. The molecule has 1 amide bonds. The van der Waals surface area contributed by atoms with Crippen LogP contribution in [0.3, 0.4) is 0 Å². The van der Waals surface area contributed by atoms with Gasteiger partial charge in [0.05, 0.1) is 13.2 Å². The Balaban J connectivity index is 1.54. The second-order valence-corrected chi connectivity index (χ2v) is 5.53. The zero-order valence-corrected chi connectivity index (χ0v) is 12.2. The van der Waals surface area contributed by atoms with E-state index in [4.69, 9.17) is 9.47 Å². The number of hydrogen-bond donors (Lipinski definition) is 1. The number of hydrogen-bond acceptors (Lipinski definition) is 4. The van der Waals surface area contributed by atoms with Crippen LogP contribution >= 0.6 is 0 Å². The highest BCUT2D eigenvalue weighted by molar-refractivity contribution is 5.94. The van der Waals surface area contributed by atoms with Gasteiger partial charge >= 0.3 is 0 Å². The Kier molecular flexibility index (Phi) is 4.72. The van der Waals surface area contributed by atoms with E-state index in [1.54, 1.807) is 0 Å². The maximum atomic E-state index is 12.3. The second-order valence-electron chi connectivity index (χ2n) is 5.53. The van der Waals surface area contributed by atoms with E-state index in [1.165, 1.54) is 12.8 Å². The molecular formula is C16H22N2O3. The molecule has 0 saturated carbocycles. The van der Waals surface area contributed by atoms with Crippen LogP contribution in [0, 0.1) is 0 Å². The van der Waals surface area contributed by atoms with Gasteiger partial charge in [0.2, 0.25) is 0 Å². The summed E-state index contributed by atoms with van der Waals surface area (Å²) >= 11 is 0. The molecule has 1 aromatic carbocycles. The summed E-state index contributed by atoms with van der Waals surface area (Å²) in [4.78, 5) is 14.1. The van der Waals surface area contributed by atoms with E-state index >= 15 is 0 Å². The first-order valence-electron chi connectivity index (χ1n) is 7.66. The van der Waals surface area contributed by atoms with Crippen LogP contribution in [0.2, 0.25) is 0 Å². The highest BCUT2D eigenvalue weighted by Crippen LogP contribution is 2.16. The van der Waals surface area contributed by atoms with Gasteiger partial charge in [0, 0.05) is 24.7 Å². The first-order valence-corrected chi connectivity index (χ1v) is 7.66. The second kappa shape index (κ2) is 6.91. The topological polar surface area (TPSA) is 50.8 Å². The lowest BCUT2D eigenvalue weighted by atomic mass is 10.2. The molecule has 5 heteroatoms. The minimum atomic E-state index is 0.0716. The van der Waals surface area contributed by atoms with Gasteiger partial charge in [0.1, 0.15) is 12.4 Å². The Morgan fingerprint density at radius 1 is 1.29 bits per heavy atom. The molecule has 0 radical (unpaired) electrons. The fourth-order valence-electron chi connectivity index (χ4n) is 2.74. The summed E-state index contributed by atoms with van der Waals surface area (Å²) in [5.74, 6) is 0.893. The van der Waals surface area contributed by atoms with Crippen LogP contribution in [-0.2, 0) is 4.74 Å². The van der Waals surface area contributed by atoms with Gasteiger partial charge in [-0.3, -0.25) is 4.79 Å². The van der Waals surface area contributed by atoms with Gasteiger partial charge in [-0.1, -0.05) is 0 Å². The number of carbonyl (C=O) groups excluding carboxylic acids is 1. The fourth-order valence-corrected chi connectivity index (χ4v) is 2.74. The highest BCUT2D eigenvalue weighted by atomic mass is 16.5. The Morgan fingerprint density at radius 3 is 2.71 bits per heavy atom. The van der Waals surface area contributed by atoms with E-state index in [9.17, 15) is 4.79 Å². The molecule has 1 unspecified atom stereocenters. The molecule has 0 bridgehead atoms. The van der Waals surface area contributed by atoms with E-state index in [-0.39, 0.29) is 5.91 Å². The van der Waals surface area contributed by atoms with Crippen LogP contribution < -0.4 is 10.1 Å². The molecule has 2 fully saturated rings. The lowest BCUT2D eigenvalue weighted by Crippen LogP contribution is -2.40. The number of carbonyl (C=O) groups is 1. The number of nitrogens with zero attached hydrogens (tertiary/aromatic N) is 1. The van der Waals surface area contributed by atoms with Crippen molar-refractivity contribution >= 4 is 5.91 Å². The zero-order valence-electron chi connectivity index (χ0n) is 12.2. The third-order valence-corrected chi connectivity index (χ3v) is 4.01. The molecule has 2 saturated heterocycles. The minimum Gasteiger partial charge on any atom is -0.492 e. The lowest BCUT2D eigenvalue weighted by molar-refractivity contribution is 0.0303.